The van der Waals surface area contributed by atoms with Gasteiger partial charge in [-0.1, -0.05) is 34.7 Å². The van der Waals surface area contributed by atoms with E-state index in [9.17, 15) is 9.59 Å². The van der Waals surface area contributed by atoms with Gasteiger partial charge in [0.1, 0.15) is 11.8 Å². The summed E-state index contributed by atoms with van der Waals surface area (Å²) < 4.78 is 4.93. The van der Waals surface area contributed by atoms with Gasteiger partial charge in [-0.05, 0) is 17.7 Å². The summed E-state index contributed by atoms with van der Waals surface area (Å²) >= 11 is 1.92. The molecule has 2 N–H and O–H groups in total. The fourth-order valence-electron chi connectivity index (χ4n) is 1.44. The number of carbonyl (C=O) groups excluding carboxylic acids is 2. The summed E-state index contributed by atoms with van der Waals surface area (Å²) in [4.78, 5) is 22.9. The third-order valence-corrected chi connectivity index (χ3v) is 3.01. The maximum Gasteiger partial charge on any atom is 0.328 e. The van der Waals surface area contributed by atoms with Crippen molar-refractivity contribution in [2.45, 2.75) is 12.5 Å². The molecule has 18 heavy (non-hydrogen) atoms. The molecule has 5 nitrogen and oxygen atoms in total. The highest BCUT2D eigenvalue weighted by Crippen LogP contribution is 2.11. The Morgan fingerprint density at radius 2 is 2.00 bits per heavy atom. The molecule has 0 aliphatic carbocycles. The number of ether oxygens (including phenoxy) is 1. The number of carbonyl (C=O) groups is 2. The van der Waals surface area contributed by atoms with E-state index in [1.807, 2.05) is 22.6 Å². The van der Waals surface area contributed by atoms with Crippen LogP contribution in [0.5, 0.6) is 5.75 Å². The van der Waals surface area contributed by atoms with Crippen molar-refractivity contribution >= 4 is 34.5 Å². The van der Waals surface area contributed by atoms with Crippen molar-refractivity contribution in [1.82, 2.24) is 5.32 Å². The zero-order valence-corrected chi connectivity index (χ0v) is 12.0. The van der Waals surface area contributed by atoms with Gasteiger partial charge < -0.3 is 15.2 Å². The summed E-state index contributed by atoms with van der Waals surface area (Å²) in [5.74, 6) is -0.546. The fourth-order valence-corrected chi connectivity index (χ4v) is 1.66. The van der Waals surface area contributed by atoms with Gasteiger partial charge in [-0.3, -0.25) is 4.79 Å². The lowest BCUT2D eigenvalue weighted by atomic mass is 10.1. The number of benzene rings is 1. The third-order valence-electron chi connectivity index (χ3n) is 2.32. The summed E-state index contributed by atoms with van der Waals surface area (Å²) in [5.41, 5.74) is 0.831. The number of phenols is 1. The highest BCUT2D eigenvalue weighted by molar-refractivity contribution is 14.1. The van der Waals surface area contributed by atoms with Gasteiger partial charge in [0, 0.05) is 6.42 Å². The minimum Gasteiger partial charge on any atom is -0.508 e. The second-order valence-corrected chi connectivity index (χ2v) is 4.41. The molecule has 0 saturated carbocycles. The third kappa shape index (κ3) is 4.52. The average Bonchev–Trinajstić information content (AvgIpc) is 2.39. The van der Waals surface area contributed by atoms with E-state index in [1.165, 1.54) is 19.2 Å². The fraction of sp³-hybridized carbons (Fsp3) is 0.333. The predicted molar refractivity (Wildman–Crippen MR) is 74.6 cm³/mol. The lowest BCUT2D eigenvalue weighted by molar-refractivity contribution is -0.144. The van der Waals surface area contributed by atoms with E-state index in [4.69, 9.17) is 5.11 Å². The topological polar surface area (TPSA) is 75.6 Å². The Hall–Kier alpha value is -1.31. The molecular weight excluding hydrogens is 349 g/mol. The second-order valence-electron chi connectivity index (χ2n) is 3.65. The van der Waals surface area contributed by atoms with Crippen LogP contribution in [0.3, 0.4) is 0 Å². The molecule has 1 atom stereocenters. The van der Waals surface area contributed by atoms with Crippen LogP contribution in [0.2, 0.25) is 0 Å². The lowest BCUT2D eigenvalue weighted by Crippen LogP contribution is -2.43. The number of halogens is 1. The number of amides is 1. The van der Waals surface area contributed by atoms with Crippen LogP contribution in [0.4, 0.5) is 0 Å². The van der Waals surface area contributed by atoms with Crippen molar-refractivity contribution in [3.8, 4) is 5.75 Å². The molecule has 0 aliphatic heterocycles. The maximum atomic E-state index is 11.5. The van der Waals surface area contributed by atoms with Gasteiger partial charge in [0.15, 0.2) is 0 Å². The molecule has 0 aliphatic rings. The monoisotopic (exact) mass is 363 g/mol. The molecule has 0 bridgehead atoms. The van der Waals surface area contributed by atoms with Crippen LogP contribution >= 0.6 is 22.6 Å². The Bertz CT molecular complexity index is 419. The number of methoxy groups -OCH3 is 1. The summed E-state index contributed by atoms with van der Waals surface area (Å²) in [6.45, 7) is 0. The van der Waals surface area contributed by atoms with Gasteiger partial charge in [-0.2, -0.15) is 0 Å². The Balaban J connectivity index is 2.74. The van der Waals surface area contributed by atoms with Gasteiger partial charge in [0.25, 0.3) is 0 Å². The molecule has 0 heterocycles. The first-order valence-electron chi connectivity index (χ1n) is 5.28. The summed E-state index contributed by atoms with van der Waals surface area (Å²) in [7, 11) is 1.28. The van der Waals surface area contributed by atoms with Crippen molar-refractivity contribution < 1.29 is 19.4 Å². The van der Waals surface area contributed by atoms with E-state index in [0.717, 1.165) is 5.56 Å². The Kier molecular flexibility index (Phi) is 5.90. The molecular formula is C12H14INO4. The maximum absolute atomic E-state index is 11.5. The zero-order valence-electron chi connectivity index (χ0n) is 9.85. The summed E-state index contributed by atoms with van der Waals surface area (Å²) in [6.07, 6.45) is 0.329. The van der Waals surface area contributed by atoms with Crippen LogP contribution < -0.4 is 5.32 Å². The van der Waals surface area contributed by atoms with Crippen LogP contribution in [0.1, 0.15) is 5.56 Å². The quantitative estimate of drug-likeness (QED) is 0.466. The van der Waals surface area contributed by atoms with Crippen LogP contribution in [0.15, 0.2) is 24.3 Å². The van der Waals surface area contributed by atoms with Crippen molar-refractivity contribution in [3.05, 3.63) is 29.8 Å². The number of nitrogens with one attached hydrogen (secondary N) is 1. The molecule has 0 saturated heterocycles. The molecule has 6 heteroatoms. The number of rotatable bonds is 5. The molecule has 1 aromatic rings. The smallest absolute Gasteiger partial charge is 0.328 e. The van der Waals surface area contributed by atoms with Gasteiger partial charge in [0.05, 0.1) is 11.5 Å². The number of esters is 1. The Labute approximate surface area is 119 Å². The molecule has 0 fully saturated rings. The van der Waals surface area contributed by atoms with Gasteiger partial charge in [0.2, 0.25) is 5.91 Å². The number of hydrogen-bond acceptors (Lipinski definition) is 4. The Morgan fingerprint density at radius 3 is 2.50 bits per heavy atom. The molecule has 1 rings (SSSR count). The van der Waals surface area contributed by atoms with Crippen LogP contribution in [0, 0.1) is 0 Å². The largest absolute Gasteiger partial charge is 0.508 e. The van der Waals surface area contributed by atoms with Crippen molar-refractivity contribution in [2.75, 3.05) is 11.5 Å². The molecule has 1 amide bonds. The number of alkyl halides is 1. The van der Waals surface area contributed by atoms with E-state index in [-0.39, 0.29) is 16.1 Å². The molecule has 1 aromatic carbocycles. The average molecular weight is 363 g/mol. The molecule has 0 aromatic heterocycles. The number of phenolic OH excluding ortho intramolecular Hbond substituents is 1. The Morgan fingerprint density at radius 1 is 1.39 bits per heavy atom. The van der Waals surface area contributed by atoms with Gasteiger partial charge in [-0.25, -0.2) is 4.79 Å². The van der Waals surface area contributed by atoms with E-state index < -0.39 is 12.0 Å². The lowest BCUT2D eigenvalue weighted by Gasteiger charge is -2.15. The molecule has 0 radical (unpaired) electrons. The minimum absolute atomic E-state index is 0.157. The first-order chi connectivity index (χ1) is 8.56. The molecule has 0 unspecified atom stereocenters. The molecule has 98 valence electrons. The van der Waals surface area contributed by atoms with Crippen molar-refractivity contribution in [3.63, 3.8) is 0 Å². The van der Waals surface area contributed by atoms with Gasteiger partial charge in [-0.15, -0.1) is 0 Å². The van der Waals surface area contributed by atoms with E-state index in [2.05, 4.69) is 10.1 Å². The van der Waals surface area contributed by atoms with Crippen molar-refractivity contribution in [2.24, 2.45) is 0 Å². The summed E-state index contributed by atoms with van der Waals surface area (Å²) in [5, 5.41) is 11.8. The van der Waals surface area contributed by atoms with E-state index in [1.54, 1.807) is 12.1 Å². The highest BCUT2D eigenvalue weighted by atomic mass is 127. The van der Waals surface area contributed by atoms with Crippen molar-refractivity contribution in [1.29, 1.82) is 0 Å². The van der Waals surface area contributed by atoms with Crippen LogP contribution in [0.25, 0.3) is 0 Å². The van der Waals surface area contributed by atoms with Crippen LogP contribution in [-0.2, 0) is 20.7 Å². The predicted octanol–water partition coefficient (Wildman–Crippen LogP) is 1.03. The van der Waals surface area contributed by atoms with Crippen LogP contribution in [-0.4, -0.2) is 34.6 Å². The number of hydrogen-bond donors (Lipinski definition) is 2. The normalized spacial score (nSPS) is 11.7. The first-order valence-corrected chi connectivity index (χ1v) is 6.80. The van der Waals surface area contributed by atoms with Gasteiger partial charge >= 0.3 is 5.97 Å². The summed E-state index contributed by atoms with van der Waals surface area (Å²) in [6, 6.07) is 5.75. The minimum atomic E-state index is -0.707. The van der Waals surface area contributed by atoms with E-state index >= 15 is 0 Å². The number of aromatic hydroxyl groups is 1. The van der Waals surface area contributed by atoms with E-state index in [0.29, 0.717) is 6.42 Å². The molecule has 0 spiro atoms. The second kappa shape index (κ2) is 7.20. The highest BCUT2D eigenvalue weighted by Gasteiger charge is 2.21. The SMILES string of the molecule is COC(=O)[C@H](Cc1ccc(O)cc1)NC(=O)CI. The zero-order chi connectivity index (χ0) is 13.5. The first kappa shape index (κ1) is 14.7. The standard InChI is InChI=1S/C12H14INO4/c1-18-12(17)10(14-11(16)7-13)6-8-2-4-9(15)5-3-8/h2-5,10,15H,6-7H2,1H3,(H,14,16)/t10-/m0/s1.